The Morgan fingerprint density at radius 2 is 2.22 bits per heavy atom. The average molecular weight is 246 g/mol. The van der Waals surface area contributed by atoms with Gasteiger partial charge in [-0.15, -0.1) is 0 Å². The fourth-order valence-electron chi connectivity index (χ4n) is 1.70. The van der Waals surface area contributed by atoms with E-state index in [2.05, 4.69) is 18.1 Å². The number of benzene rings is 1. The molecule has 1 aromatic carbocycles. The molecule has 0 spiro atoms. The monoisotopic (exact) mass is 246 g/mol. The van der Waals surface area contributed by atoms with Crippen molar-refractivity contribution in [1.82, 2.24) is 5.16 Å². The molecule has 0 radical (unpaired) electrons. The second-order valence-electron chi connectivity index (χ2n) is 4.30. The van der Waals surface area contributed by atoms with E-state index in [1.165, 1.54) is 0 Å². The first kappa shape index (κ1) is 12.6. The predicted octanol–water partition coefficient (Wildman–Crippen LogP) is 2.53. The Morgan fingerprint density at radius 1 is 1.39 bits per heavy atom. The van der Waals surface area contributed by atoms with Crippen LogP contribution in [-0.2, 0) is 13.0 Å². The number of rotatable bonds is 6. The Hall–Kier alpha value is -1.81. The number of ether oxygens (including phenoxy) is 1. The number of hydrogen-bond donors (Lipinski definition) is 1. The molecule has 18 heavy (non-hydrogen) atoms. The first-order chi connectivity index (χ1) is 8.79. The van der Waals surface area contributed by atoms with Crippen molar-refractivity contribution in [3.05, 3.63) is 47.9 Å². The summed E-state index contributed by atoms with van der Waals surface area (Å²) in [6.45, 7) is 2.55. The van der Waals surface area contributed by atoms with E-state index < -0.39 is 0 Å². The van der Waals surface area contributed by atoms with Gasteiger partial charge in [-0.05, 0) is 24.5 Å². The maximum atomic E-state index is 5.98. The van der Waals surface area contributed by atoms with Gasteiger partial charge in [0.2, 0.25) is 0 Å². The summed E-state index contributed by atoms with van der Waals surface area (Å²) in [4.78, 5) is 0. The summed E-state index contributed by atoms with van der Waals surface area (Å²) in [7, 11) is 0. The van der Waals surface area contributed by atoms with Gasteiger partial charge in [-0.1, -0.05) is 30.3 Å². The zero-order valence-corrected chi connectivity index (χ0v) is 10.5. The van der Waals surface area contributed by atoms with Crippen LogP contribution in [0.5, 0.6) is 5.75 Å². The van der Waals surface area contributed by atoms with E-state index in [1.807, 2.05) is 18.2 Å². The lowest BCUT2D eigenvalue weighted by Gasteiger charge is -2.13. The molecule has 1 unspecified atom stereocenters. The smallest absolute Gasteiger partial charge is 0.130 e. The molecule has 0 fully saturated rings. The van der Waals surface area contributed by atoms with Crippen molar-refractivity contribution in [2.75, 3.05) is 0 Å². The molecule has 2 N–H and O–H groups in total. The Bertz CT molecular complexity index is 468. The standard InChI is InChI=1S/C14H18N2O2/c1-2-13(15)7-12-5-3-4-6-14(12)17-9-11-8-16-18-10-11/h3-6,8,10,13H,2,7,9,15H2,1H3. The number of nitrogens with two attached hydrogens (primary N) is 1. The van der Waals surface area contributed by atoms with Crippen LogP contribution in [0.4, 0.5) is 0 Å². The highest BCUT2D eigenvalue weighted by Crippen LogP contribution is 2.21. The average Bonchev–Trinajstić information content (AvgIpc) is 2.91. The molecule has 0 amide bonds. The van der Waals surface area contributed by atoms with Crippen LogP contribution in [-0.4, -0.2) is 11.2 Å². The fraction of sp³-hybridized carbons (Fsp3) is 0.357. The molecule has 0 aliphatic rings. The summed E-state index contributed by atoms with van der Waals surface area (Å²) < 4.78 is 10.5. The first-order valence-electron chi connectivity index (χ1n) is 6.14. The van der Waals surface area contributed by atoms with Gasteiger partial charge in [0.25, 0.3) is 0 Å². The zero-order chi connectivity index (χ0) is 12.8. The van der Waals surface area contributed by atoms with Crippen LogP contribution in [0.15, 0.2) is 41.2 Å². The molecule has 1 heterocycles. The van der Waals surface area contributed by atoms with Crippen LogP contribution in [0.2, 0.25) is 0 Å². The van der Waals surface area contributed by atoms with E-state index >= 15 is 0 Å². The van der Waals surface area contributed by atoms with Crippen molar-refractivity contribution in [1.29, 1.82) is 0 Å². The minimum Gasteiger partial charge on any atom is -0.488 e. The second kappa shape index (κ2) is 6.21. The SMILES string of the molecule is CCC(N)Cc1ccccc1OCc1cnoc1. The molecule has 0 aliphatic carbocycles. The Kier molecular flexibility index (Phi) is 4.36. The molecule has 0 saturated heterocycles. The largest absolute Gasteiger partial charge is 0.488 e. The van der Waals surface area contributed by atoms with Gasteiger partial charge in [0, 0.05) is 11.6 Å². The summed E-state index contributed by atoms with van der Waals surface area (Å²) in [6, 6.07) is 8.16. The Morgan fingerprint density at radius 3 is 2.94 bits per heavy atom. The van der Waals surface area contributed by atoms with Gasteiger partial charge in [-0.3, -0.25) is 0 Å². The van der Waals surface area contributed by atoms with Crippen LogP contribution in [0, 0.1) is 0 Å². The number of hydrogen-bond acceptors (Lipinski definition) is 4. The van der Waals surface area contributed by atoms with E-state index in [4.69, 9.17) is 15.0 Å². The lowest BCUT2D eigenvalue weighted by atomic mass is 10.0. The molecule has 2 aromatic rings. The highest BCUT2D eigenvalue weighted by Gasteiger charge is 2.07. The van der Waals surface area contributed by atoms with E-state index in [1.54, 1.807) is 12.5 Å². The highest BCUT2D eigenvalue weighted by molar-refractivity contribution is 5.34. The summed E-state index contributed by atoms with van der Waals surface area (Å²) in [6.07, 6.45) is 5.02. The van der Waals surface area contributed by atoms with Crippen LogP contribution < -0.4 is 10.5 Å². The molecule has 1 atom stereocenters. The van der Waals surface area contributed by atoms with Gasteiger partial charge in [-0.25, -0.2) is 0 Å². The van der Waals surface area contributed by atoms with Crippen molar-refractivity contribution in [2.24, 2.45) is 5.73 Å². The third kappa shape index (κ3) is 3.34. The second-order valence-corrected chi connectivity index (χ2v) is 4.30. The van der Waals surface area contributed by atoms with Gasteiger partial charge in [0.1, 0.15) is 18.6 Å². The summed E-state index contributed by atoms with van der Waals surface area (Å²) in [5.41, 5.74) is 8.05. The van der Waals surface area contributed by atoms with E-state index in [0.717, 1.165) is 29.7 Å². The van der Waals surface area contributed by atoms with E-state index in [0.29, 0.717) is 6.61 Å². The molecular weight excluding hydrogens is 228 g/mol. The molecular formula is C14H18N2O2. The molecule has 96 valence electrons. The van der Waals surface area contributed by atoms with Crippen molar-refractivity contribution in [3.8, 4) is 5.75 Å². The van der Waals surface area contributed by atoms with Crippen molar-refractivity contribution in [3.63, 3.8) is 0 Å². The normalized spacial score (nSPS) is 12.3. The minimum absolute atomic E-state index is 0.172. The van der Waals surface area contributed by atoms with Gasteiger partial charge in [0.05, 0.1) is 6.20 Å². The summed E-state index contributed by atoms with van der Waals surface area (Å²) in [5.74, 6) is 0.877. The van der Waals surface area contributed by atoms with Gasteiger partial charge < -0.3 is 15.0 Å². The molecule has 4 nitrogen and oxygen atoms in total. The maximum Gasteiger partial charge on any atom is 0.130 e. The quantitative estimate of drug-likeness (QED) is 0.850. The summed E-state index contributed by atoms with van der Waals surface area (Å²) in [5, 5.41) is 3.64. The predicted molar refractivity (Wildman–Crippen MR) is 69.2 cm³/mol. The number of nitrogens with zero attached hydrogens (tertiary/aromatic N) is 1. The van der Waals surface area contributed by atoms with Gasteiger partial charge in [0.15, 0.2) is 0 Å². The van der Waals surface area contributed by atoms with Gasteiger partial charge in [-0.2, -0.15) is 0 Å². The van der Waals surface area contributed by atoms with Crippen LogP contribution >= 0.6 is 0 Å². The van der Waals surface area contributed by atoms with E-state index in [-0.39, 0.29) is 6.04 Å². The lowest BCUT2D eigenvalue weighted by Crippen LogP contribution is -2.21. The number of aromatic nitrogens is 1. The number of para-hydroxylation sites is 1. The molecule has 0 bridgehead atoms. The molecule has 1 aromatic heterocycles. The van der Waals surface area contributed by atoms with Crippen molar-refractivity contribution < 1.29 is 9.26 Å². The maximum absolute atomic E-state index is 5.98. The topological polar surface area (TPSA) is 61.3 Å². The van der Waals surface area contributed by atoms with Gasteiger partial charge >= 0.3 is 0 Å². The lowest BCUT2D eigenvalue weighted by molar-refractivity contribution is 0.300. The highest BCUT2D eigenvalue weighted by atomic mass is 16.5. The fourth-order valence-corrected chi connectivity index (χ4v) is 1.70. The minimum atomic E-state index is 0.172. The Labute approximate surface area is 107 Å². The van der Waals surface area contributed by atoms with E-state index in [9.17, 15) is 0 Å². The third-order valence-corrected chi connectivity index (χ3v) is 2.86. The van der Waals surface area contributed by atoms with Crippen LogP contribution in [0.3, 0.4) is 0 Å². The molecule has 0 aliphatic heterocycles. The zero-order valence-electron chi connectivity index (χ0n) is 10.5. The third-order valence-electron chi connectivity index (χ3n) is 2.86. The Balaban J connectivity index is 2.02. The van der Waals surface area contributed by atoms with Crippen molar-refractivity contribution >= 4 is 0 Å². The molecule has 2 rings (SSSR count). The summed E-state index contributed by atoms with van der Waals surface area (Å²) >= 11 is 0. The van der Waals surface area contributed by atoms with Crippen LogP contribution in [0.1, 0.15) is 24.5 Å². The molecule has 0 saturated carbocycles. The molecule has 4 heteroatoms. The van der Waals surface area contributed by atoms with Crippen molar-refractivity contribution in [2.45, 2.75) is 32.4 Å². The van der Waals surface area contributed by atoms with Crippen LogP contribution in [0.25, 0.3) is 0 Å². The first-order valence-corrected chi connectivity index (χ1v) is 6.14.